The molecule has 0 unspecified atom stereocenters. The van der Waals surface area contributed by atoms with Gasteiger partial charge in [0.15, 0.2) is 0 Å². The van der Waals surface area contributed by atoms with Gasteiger partial charge in [0, 0.05) is 15.5 Å². The normalized spacial score (nSPS) is 12.8. The molecule has 0 bridgehead atoms. The SMILES string of the molecule is Cc1c(-c2cc(S(=O)(=O)c3ccccc3)cc(S(=O)(=O)c3ccccc3)c2)ccc(N2c3ccccc3Sc3ccccc32)c1C. The fraction of sp³-hybridized carbons (Fsp3) is 0.0526. The molecular formula is C38H29NO4S3. The molecule has 0 aliphatic carbocycles. The zero-order valence-electron chi connectivity index (χ0n) is 25.1. The predicted molar refractivity (Wildman–Crippen MR) is 184 cm³/mol. The van der Waals surface area contributed by atoms with Gasteiger partial charge in [0.25, 0.3) is 0 Å². The van der Waals surface area contributed by atoms with Crippen molar-refractivity contribution in [2.75, 3.05) is 4.90 Å². The lowest BCUT2D eigenvalue weighted by atomic mass is 9.95. The molecule has 1 aliphatic rings. The molecule has 1 aliphatic heterocycles. The van der Waals surface area contributed by atoms with Crippen molar-refractivity contribution in [3.63, 3.8) is 0 Å². The van der Waals surface area contributed by atoms with Gasteiger partial charge in [0.05, 0.1) is 31.0 Å². The molecule has 46 heavy (non-hydrogen) atoms. The number of anilines is 3. The van der Waals surface area contributed by atoms with Crippen molar-refractivity contribution in [2.45, 2.75) is 43.2 Å². The Morgan fingerprint density at radius 2 is 0.913 bits per heavy atom. The molecule has 0 saturated heterocycles. The second-order valence-corrected chi connectivity index (χ2v) is 16.1. The molecule has 5 nitrogen and oxygen atoms in total. The number of benzene rings is 6. The molecule has 1 heterocycles. The van der Waals surface area contributed by atoms with E-state index in [9.17, 15) is 16.8 Å². The van der Waals surface area contributed by atoms with E-state index in [4.69, 9.17) is 0 Å². The summed E-state index contributed by atoms with van der Waals surface area (Å²) in [6.07, 6.45) is 0. The lowest BCUT2D eigenvalue weighted by molar-refractivity contribution is 0.594. The van der Waals surface area contributed by atoms with Crippen LogP contribution in [0.1, 0.15) is 11.1 Å². The highest BCUT2D eigenvalue weighted by Gasteiger charge is 2.28. The van der Waals surface area contributed by atoms with Crippen molar-refractivity contribution in [3.05, 3.63) is 151 Å². The average Bonchev–Trinajstić information content (AvgIpc) is 3.09. The summed E-state index contributed by atoms with van der Waals surface area (Å²) in [7, 11) is -8.05. The van der Waals surface area contributed by atoms with Crippen molar-refractivity contribution in [1.82, 2.24) is 0 Å². The molecule has 0 atom stereocenters. The lowest BCUT2D eigenvalue weighted by Gasteiger charge is -2.34. The Morgan fingerprint density at radius 3 is 1.41 bits per heavy atom. The van der Waals surface area contributed by atoms with E-state index < -0.39 is 19.7 Å². The summed E-state index contributed by atoms with van der Waals surface area (Å²) < 4.78 is 55.5. The van der Waals surface area contributed by atoms with Crippen molar-refractivity contribution in [1.29, 1.82) is 0 Å². The van der Waals surface area contributed by atoms with Crippen LogP contribution in [0.25, 0.3) is 11.1 Å². The molecule has 0 spiro atoms. The fourth-order valence-corrected chi connectivity index (χ4v) is 9.67. The van der Waals surface area contributed by atoms with Crippen LogP contribution < -0.4 is 4.90 Å². The molecule has 6 aromatic rings. The van der Waals surface area contributed by atoms with Gasteiger partial charge < -0.3 is 4.90 Å². The molecule has 7 rings (SSSR count). The summed E-state index contributed by atoms with van der Waals surface area (Å²) in [5, 5.41) is 0. The lowest BCUT2D eigenvalue weighted by Crippen LogP contribution is -2.16. The summed E-state index contributed by atoms with van der Waals surface area (Å²) in [4.78, 5) is 4.59. The second-order valence-electron chi connectivity index (χ2n) is 11.1. The molecule has 0 fully saturated rings. The Bertz CT molecular complexity index is 2200. The van der Waals surface area contributed by atoms with Crippen molar-refractivity contribution in [2.24, 2.45) is 0 Å². The number of rotatable bonds is 6. The Morgan fingerprint density at radius 1 is 0.457 bits per heavy atom. The number of sulfone groups is 2. The molecule has 0 amide bonds. The number of hydrogen-bond acceptors (Lipinski definition) is 6. The maximum absolute atomic E-state index is 13.9. The number of hydrogen-bond donors (Lipinski definition) is 0. The molecular weight excluding hydrogens is 631 g/mol. The van der Waals surface area contributed by atoms with E-state index in [1.807, 2.05) is 50.2 Å². The summed E-state index contributed by atoms with van der Waals surface area (Å²) in [5.74, 6) is 0. The average molecular weight is 660 g/mol. The molecule has 0 aromatic heterocycles. The third-order valence-electron chi connectivity index (χ3n) is 8.35. The first-order valence-corrected chi connectivity index (χ1v) is 18.5. The zero-order chi connectivity index (χ0) is 32.1. The Hall–Kier alpha value is -4.63. The number of nitrogens with zero attached hydrogens (tertiary/aromatic N) is 1. The minimum absolute atomic E-state index is 0.0808. The number of para-hydroxylation sites is 2. The zero-order valence-corrected chi connectivity index (χ0v) is 27.5. The summed E-state index contributed by atoms with van der Waals surface area (Å²) >= 11 is 1.74. The van der Waals surface area contributed by atoms with Gasteiger partial charge in [-0.05, 0) is 109 Å². The van der Waals surface area contributed by atoms with Gasteiger partial charge in [-0.1, -0.05) is 78.5 Å². The third kappa shape index (κ3) is 5.12. The third-order valence-corrected chi connectivity index (χ3v) is 13.0. The van der Waals surface area contributed by atoms with Crippen LogP contribution in [-0.4, -0.2) is 16.8 Å². The minimum Gasteiger partial charge on any atom is -0.308 e. The number of fused-ring (bicyclic) bond motifs is 2. The van der Waals surface area contributed by atoms with Crippen molar-refractivity contribution in [3.8, 4) is 11.1 Å². The van der Waals surface area contributed by atoms with Crippen LogP contribution >= 0.6 is 11.8 Å². The second kappa shape index (κ2) is 11.6. The van der Waals surface area contributed by atoms with Gasteiger partial charge in [-0.3, -0.25) is 0 Å². The topological polar surface area (TPSA) is 71.5 Å². The van der Waals surface area contributed by atoms with Gasteiger partial charge in [-0.15, -0.1) is 0 Å². The van der Waals surface area contributed by atoms with E-state index in [0.717, 1.165) is 43.5 Å². The first-order chi connectivity index (χ1) is 22.2. The van der Waals surface area contributed by atoms with E-state index >= 15 is 0 Å². The minimum atomic E-state index is -4.02. The van der Waals surface area contributed by atoms with Gasteiger partial charge in [-0.25, -0.2) is 16.8 Å². The van der Waals surface area contributed by atoms with E-state index in [2.05, 4.69) is 29.2 Å². The van der Waals surface area contributed by atoms with Gasteiger partial charge >= 0.3 is 0 Å². The largest absolute Gasteiger partial charge is 0.308 e. The maximum Gasteiger partial charge on any atom is 0.206 e. The predicted octanol–water partition coefficient (Wildman–Crippen LogP) is 9.57. The highest BCUT2D eigenvalue weighted by molar-refractivity contribution is 7.99. The van der Waals surface area contributed by atoms with E-state index in [1.165, 1.54) is 30.3 Å². The molecule has 8 heteroatoms. The van der Waals surface area contributed by atoms with Crippen molar-refractivity contribution >= 4 is 48.5 Å². The van der Waals surface area contributed by atoms with Gasteiger partial charge in [-0.2, -0.15) is 0 Å². The summed E-state index contributed by atoms with van der Waals surface area (Å²) in [5.41, 5.74) is 6.33. The molecule has 228 valence electrons. The van der Waals surface area contributed by atoms with Crippen LogP contribution in [-0.2, 0) is 19.7 Å². The van der Waals surface area contributed by atoms with Crippen LogP contribution in [0.3, 0.4) is 0 Å². The Balaban J connectivity index is 1.42. The first-order valence-electron chi connectivity index (χ1n) is 14.7. The van der Waals surface area contributed by atoms with Crippen molar-refractivity contribution < 1.29 is 16.8 Å². The van der Waals surface area contributed by atoms with Crippen LogP contribution in [0.5, 0.6) is 0 Å². The van der Waals surface area contributed by atoms with Crippen LogP contribution in [0, 0.1) is 13.8 Å². The van der Waals surface area contributed by atoms with Gasteiger partial charge in [0.1, 0.15) is 0 Å². The van der Waals surface area contributed by atoms with E-state index in [-0.39, 0.29) is 19.6 Å². The van der Waals surface area contributed by atoms with E-state index in [1.54, 1.807) is 60.3 Å². The van der Waals surface area contributed by atoms with Crippen LogP contribution in [0.4, 0.5) is 17.1 Å². The highest BCUT2D eigenvalue weighted by Crippen LogP contribution is 2.52. The standard InChI is InChI=1S/C38H29NO4S3/c1-26-27(2)34(39-35-17-9-11-19-37(35)44-38-20-12-10-18-36(38)39)22-21-33(26)28-23-31(45(40,41)29-13-5-3-6-14-29)25-32(24-28)46(42,43)30-15-7-4-8-16-30/h3-25H,1-2H3. The summed E-state index contributed by atoms with van der Waals surface area (Å²) in [6, 6.07) is 41.2. The highest BCUT2D eigenvalue weighted by atomic mass is 32.2. The Labute approximate surface area is 274 Å². The maximum atomic E-state index is 13.9. The summed E-state index contributed by atoms with van der Waals surface area (Å²) in [6.45, 7) is 4.04. The smallest absolute Gasteiger partial charge is 0.206 e. The molecule has 0 N–H and O–H groups in total. The first kappa shape index (κ1) is 30.0. The van der Waals surface area contributed by atoms with E-state index in [0.29, 0.717) is 5.56 Å². The quantitative estimate of drug-likeness (QED) is 0.177. The molecule has 6 aromatic carbocycles. The van der Waals surface area contributed by atoms with Crippen LogP contribution in [0.15, 0.2) is 169 Å². The van der Waals surface area contributed by atoms with Gasteiger partial charge in [0.2, 0.25) is 19.7 Å². The fourth-order valence-electron chi connectivity index (χ4n) is 5.83. The molecule has 0 saturated carbocycles. The monoisotopic (exact) mass is 659 g/mol. The molecule has 0 radical (unpaired) electrons. The Kier molecular flexibility index (Phi) is 7.59. The van der Waals surface area contributed by atoms with Crippen LogP contribution in [0.2, 0.25) is 0 Å².